The van der Waals surface area contributed by atoms with Crippen molar-refractivity contribution in [2.75, 3.05) is 13.1 Å². The Morgan fingerprint density at radius 3 is 2.92 bits per heavy atom. The van der Waals surface area contributed by atoms with Crippen LogP contribution in [0.5, 0.6) is 0 Å². The van der Waals surface area contributed by atoms with Gasteiger partial charge in [0.05, 0.1) is 12.6 Å². The van der Waals surface area contributed by atoms with Gasteiger partial charge in [0.2, 0.25) is 11.8 Å². The number of urea groups is 1. The standard InChI is InChI=1S/C16H18N4O3S2/c21-13(2-1-5-20-14(22)9-18-16(20)23)19-12(15-17-4-7-25-15)8-11-3-6-24-10-11/h3-4,6-7,10,12H,1-2,5,8-9H2,(H,18,23)(H,19,21). The molecule has 1 aliphatic rings. The van der Waals surface area contributed by atoms with Crippen molar-refractivity contribution in [1.29, 1.82) is 0 Å². The molecule has 3 heterocycles. The van der Waals surface area contributed by atoms with Crippen LogP contribution in [-0.2, 0) is 16.0 Å². The first-order chi connectivity index (χ1) is 12.1. The van der Waals surface area contributed by atoms with E-state index in [1.807, 2.05) is 16.8 Å². The lowest BCUT2D eigenvalue weighted by Crippen LogP contribution is -2.34. The molecule has 0 bridgehead atoms. The average molecular weight is 378 g/mol. The van der Waals surface area contributed by atoms with Crippen molar-refractivity contribution in [2.45, 2.75) is 25.3 Å². The summed E-state index contributed by atoms with van der Waals surface area (Å²) in [6.45, 7) is 0.294. The maximum atomic E-state index is 12.3. The zero-order valence-corrected chi connectivity index (χ0v) is 15.1. The minimum Gasteiger partial charge on any atom is -0.347 e. The van der Waals surface area contributed by atoms with Gasteiger partial charge in [0, 0.05) is 31.0 Å². The summed E-state index contributed by atoms with van der Waals surface area (Å²) in [4.78, 5) is 40.7. The van der Waals surface area contributed by atoms with Gasteiger partial charge < -0.3 is 10.6 Å². The Kier molecular flexibility index (Phi) is 5.77. The van der Waals surface area contributed by atoms with Crippen LogP contribution in [0.25, 0.3) is 0 Å². The summed E-state index contributed by atoms with van der Waals surface area (Å²) in [7, 11) is 0. The summed E-state index contributed by atoms with van der Waals surface area (Å²) in [5, 5.41) is 12.3. The Morgan fingerprint density at radius 1 is 1.40 bits per heavy atom. The van der Waals surface area contributed by atoms with Crippen molar-refractivity contribution in [3.05, 3.63) is 39.0 Å². The molecule has 0 radical (unpaired) electrons. The Labute approximate surface area is 153 Å². The van der Waals surface area contributed by atoms with E-state index in [0.717, 1.165) is 15.5 Å². The second kappa shape index (κ2) is 8.21. The van der Waals surface area contributed by atoms with Crippen LogP contribution < -0.4 is 10.6 Å². The molecule has 3 rings (SSSR count). The Balaban J connectivity index is 1.51. The highest BCUT2D eigenvalue weighted by Crippen LogP contribution is 2.22. The van der Waals surface area contributed by atoms with Crippen LogP contribution >= 0.6 is 22.7 Å². The maximum absolute atomic E-state index is 12.3. The quantitative estimate of drug-likeness (QED) is 0.687. The lowest BCUT2D eigenvalue weighted by molar-refractivity contribution is -0.126. The summed E-state index contributed by atoms with van der Waals surface area (Å²) in [5.74, 6) is -0.356. The number of aromatic nitrogens is 1. The number of thiophene rings is 1. The number of nitrogens with zero attached hydrogens (tertiary/aromatic N) is 2. The molecule has 1 unspecified atom stereocenters. The molecule has 2 aromatic rings. The Bertz CT molecular complexity index is 715. The van der Waals surface area contributed by atoms with E-state index in [-0.39, 0.29) is 43.4 Å². The molecule has 1 fully saturated rings. The molecule has 1 saturated heterocycles. The van der Waals surface area contributed by atoms with E-state index in [2.05, 4.69) is 21.0 Å². The molecular weight excluding hydrogens is 360 g/mol. The predicted octanol–water partition coefficient (Wildman–Crippen LogP) is 1.94. The monoisotopic (exact) mass is 378 g/mol. The molecule has 1 aliphatic heterocycles. The fourth-order valence-corrected chi connectivity index (χ4v) is 3.97. The van der Waals surface area contributed by atoms with Gasteiger partial charge in [-0.25, -0.2) is 9.78 Å². The normalized spacial score (nSPS) is 15.3. The second-order valence-electron chi connectivity index (χ2n) is 5.63. The number of rotatable bonds is 8. The molecule has 2 N–H and O–H groups in total. The highest BCUT2D eigenvalue weighted by molar-refractivity contribution is 7.09. The smallest absolute Gasteiger partial charge is 0.324 e. The molecule has 0 aromatic carbocycles. The summed E-state index contributed by atoms with van der Waals surface area (Å²) in [5.41, 5.74) is 1.16. The van der Waals surface area contributed by atoms with Crippen molar-refractivity contribution in [2.24, 2.45) is 0 Å². The highest BCUT2D eigenvalue weighted by Gasteiger charge is 2.28. The molecule has 9 heteroatoms. The van der Waals surface area contributed by atoms with E-state index in [0.29, 0.717) is 12.8 Å². The SMILES string of the molecule is O=C(CCCN1C(=O)CNC1=O)NC(Cc1ccsc1)c1nccs1. The fourth-order valence-electron chi connectivity index (χ4n) is 2.60. The third kappa shape index (κ3) is 4.64. The van der Waals surface area contributed by atoms with Crippen LogP contribution in [0.15, 0.2) is 28.4 Å². The van der Waals surface area contributed by atoms with E-state index in [1.165, 1.54) is 11.3 Å². The number of amides is 4. The van der Waals surface area contributed by atoms with Crippen LogP contribution in [0.2, 0.25) is 0 Å². The molecular formula is C16H18N4O3S2. The molecule has 4 amide bonds. The van der Waals surface area contributed by atoms with E-state index < -0.39 is 0 Å². The van der Waals surface area contributed by atoms with Crippen LogP contribution in [0.3, 0.4) is 0 Å². The first kappa shape index (κ1) is 17.6. The third-order valence-electron chi connectivity index (χ3n) is 3.83. The van der Waals surface area contributed by atoms with Crippen molar-refractivity contribution in [3.8, 4) is 0 Å². The molecule has 7 nitrogen and oxygen atoms in total. The van der Waals surface area contributed by atoms with Crippen molar-refractivity contribution in [3.63, 3.8) is 0 Å². The van der Waals surface area contributed by atoms with Crippen LogP contribution in [0.4, 0.5) is 4.79 Å². The number of carbonyl (C=O) groups is 3. The summed E-state index contributed by atoms with van der Waals surface area (Å²) in [6.07, 6.45) is 3.11. The fraction of sp³-hybridized carbons (Fsp3) is 0.375. The van der Waals surface area contributed by atoms with E-state index >= 15 is 0 Å². The third-order valence-corrected chi connectivity index (χ3v) is 5.45. The molecule has 2 aromatic heterocycles. The topological polar surface area (TPSA) is 91.4 Å². The van der Waals surface area contributed by atoms with Gasteiger partial charge in [-0.2, -0.15) is 11.3 Å². The number of imide groups is 1. The number of carbonyl (C=O) groups excluding carboxylic acids is 3. The number of hydrogen-bond acceptors (Lipinski definition) is 6. The van der Waals surface area contributed by atoms with Gasteiger partial charge in [-0.1, -0.05) is 0 Å². The Hall–Kier alpha value is -2.26. The average Bonchev–Trinajstić information content (AvgIpc) is 3.33. The van der Waals surface area contributed by atoms with Crippen molar-refractivity contribution < 1.29 is 14.4 Å². The molecule has 0 spiro atoms. The number of thiazole rings is 1. The van der Waals surface area contributed by atoms with Gasteiger partial charge in [0.15, 0.2) is 0 Å². The predicted molar refractivity (Wildman–Crippen MR) is 95.4 cm³/mol. The number of nitrogens with one attached hydrogen (secondary N) is 2. The lowest BCUT2D eigenvalue weighted by atomic mass is 10.1. The zero-order valence-electron chi connectivity index (χ0n) is 13.4. The number of hydrogen-bond donors (Lipinski definition) is 2. The largest absolute Gasteiger partial charge is 0.347 e. The van der Waals surface area contributed by atoms with Crippen LogP contribution in [0, 0.1) is 0 Å². The Morgan fingerprint density at radius 2 is 2.28 bits per heavy atom. The van der Waals surface area contributed by atoms with Gasteiger partial charge in [-0.05, 0) is 28.8 Å². The minimum atomic E-state index is -0.386. The second-order valence-corrected chi connectivity index (χ2v) is 7.34. The maximum Gasteiger partial charge on any atom is 0.324 e. The van der Waals surface area contributed by atoms with E-state index in [1.54, 1.807) is 17.5 Å². The molecule has 0 saturated carbocycles. The lowest BCUT2D eigenvalue weighted by Gasteiger charge is -2.17. The minimum absolute atomic E-state index is 0.0395. The van der Waals surface area contributed by atoms with E-state index in [9.17, 15) is 14.4 Å². The first-order valence-electron chi connectivity index (χ1n) is 7.91. The van der Waals surface area contributed by atoms with Gasteiger partial charge in [-0.3, -0.25) is 14.5 Å². The summed E-state index contributed by atoms with van der Waals surface area (Å²) < 4.78 is 0. The summed E-state index contributed by atoms with van der Waals surface area (Å²) >= 11 is 3.13. The van der Waals surface area contributed by atoms with Gasteiger partial charge in [-0.15, -0.1) is 11.3 Å². The van der Waals surface area contributed by atoms with Crippen LogP contribution in [0.1, 0.15) is 29.5 Å². The van der Waals surface area contributed by atoms with Gasteiger partial charge in [0.25, 0.3) is 0 Å². The van der Waals surface area contributed by atoms with Gasteiger partial charge in [0.1, 0.15) is 5.01 Å². The zero-order chi connectivity index (χ0) is 17.6. The van der Waals surface area contributed by atoms with Gasteiger partial charge >= 0.3 is 6.03 Å². The van der Waals surface area contributed by atoms with E-state index in [4.69, 9.17) is 0 Å². The molecule has 132 valence electrons. The highest BCUT2D eigenvalue weighted by atomic mass is 32.1. The van der Waals surface area contributed by atoms with Crippen molar-refractivity contribution >= 4 is 40.5 Å². The molecule has 0 aliphatic carbocycles. The molecule has 25 heavy (non-hydrogen) atoms. The van der Waals surface area contributed by atoms with Crippen molar-refractivity contribution in [1.82, 2.24) is 20.5 Å². The first-order valence-corrected chi connectivity index (χ1v) is 9.74. The molecule has 1 atom stereocenters. The van der Waals surface area contributed by atoms with Crippen LogP contribution in [-0.4, -0.2) is 40.8 Å². The summed E-state index contributed by atoms with van der Waals surface area (Å²) in [6, 6.07) is 1.48.